The molecule has 0 aliphatic carbocycles. The summed E-state index contributed by atoms with van der Waals surface area (Å²) in [7, 11) is -0.342. The van der Waals surface area contributed by atoms with Crippen LogP contribution in [0.3, 0.4) is 0 Å². The number of piperazine rings is 1. The van der Waals surface area contributed by atoms with Gasteiger partial charge in [0.1, 0.15) is 0 Å². The molecule has 1 saturated heterocycles. The summed E-state index contributed by atoms with van der Waals surface area (Å²) >= 11 is 0. The Hall–Kier alpha value is -0.860. The van der Waals surface area contributed by atoms with E-state index >= 15 is 0 Å². The first kappa shape index (κ1) is 17.2. The fraction of sp³-hybridized carbons (Fsp3) is 0.917. The molecule has 0 saturated carbocycles. The van der Waals surface area contributed by atoms with Crippen molar-refractivity contribution in [2.75, 3.05) is 40.3 Å². The van der Waals surface area contributed by atoms with Crippen LogP contribution in [0.1, 0.15) is 26.7 Å². The lowest BCUT2D eigenvalue weighted by Gasteiger charge is -2.35. The van der Waals surface area contributed by atoms with Crippen LogP contribution in [0.5, 0.6) is 0 Å². The summed E-state index contributed by atoms with van der Waals surface area (Å²) in [4.78, 5) is 13.7. The highest BCUT2D eigenvalue weighted by Crippen LogP contribution is 2.10. The van der Waals surface area contributed by atoms with Gasteiger partial charge in [-0.05, 0) is 12.8 Å². The maximum atomic E-state index is 12.1. The summed E-state index contributed by atoms with van der Waals surface area (Å²) in [5, 5.41) is 2.97. The molecule has 1 rings (SSSR count). The topological polar surface area (TPSA) is 73.0 Å². The highest BCUT2D eigenvalue weighted by Gasteiger charge is 2.30. The molecule has 0 radical (unpaired) electrons. The van der Waals surface area contributed by atoms with Crippen LogP contribution >= 0.6 is 0 Å². The third-order valence-electron chi connectivity index (χ3n) is 3.63. The molecule has 1 aliphatic rings. The van der Waals surface area contributed by atoms with Gasteiger partial charge in [0.15, 0.2) is 0 Å². The number of rotatable bonds is 5. The maximum Gasteiger partial charge on any atom is 0.317 e. The molecule has 2 amide bonds. The fourth-order valence-corrected chi connectivity index (χ4v) is 3.20. The number of nitrogens with one attached hydrogen (secondary N) is 1. The first-order valence-corrected chi connectivity index (χ1v) is 8.45. The van der Waals surface area contributed by atoms with Crippen molar-refractivity contribution in [2.24, 2.45) is 0 Å². The van der Waals surface area contributed by atoms with E-state index in [1.807, 2.05) is 13.8 Å². The smallest absolute Gasteiger partial charge is 0.317 e. The lowest BCUT2D eigenvalue weighted by molar-refractivity contribution is 0.166. The first-order valence-electron chi connectivity index (χ1n) is 7.05. The van der Waals surface area contributed by atoms with Gasteiger partial charge in [-0.1, -0.05) is 13.8 Å². The Balaban J connectivity index is 2.52. The van der Waals surface area contributed by atoms with E-state index in [4.69, 9.17) is 0 Å². The van der Waals surface area contributed by atoms with Crippen molar-refractivity contribution in [3.63, 3.8) is 0 Å². The molecule has 0 aromatic rings. The molecule has 0 spiro atoms. The molecular weight excluding hydrogens is 280 g/mol. The lowest BCUT2D eigenvalue weighted by atomic mass is 10.2. The number of hydrogen-bond acceptors (Lipinski definition) is 3. The number of nitrogens with zero attached hydrogens (tertiary/aromatic N) is 3. The molecule has 1 heterocycles. The molecular formula is C12H26N4O3S. The van der Waals surface area contributed by atoms with Crippen LogP contribution in [0.15, 0.2) is 0 Å². The van der Waals surface area contributed by atoms with Crippen molar-refractivity contribution >= 4 is 16.2 Å². The minimum atomic E-state index is -3.37. The Labute approximate surface area is 122 Å². The minimum absolute atomic E-state index is 0.0967. The Morgan fingerprint density at radius 3 is 2.05 bits per heavy atom. The standard InChI is InChI=1S/C12H26N4O3S/c1-5-11(6-2)13-12(17)15-7-9-16(10-8-15)20(18,19)14(3)4/h11H,5-10H2,1-4H3,(H,13,17). The van der Waals surface area contributed by atoms with Gasteiger partial charge in [0.2, 0.25) is 0 Å². The highest BCUT2D eigenvalue weighted by molar-refractivity contribution is 7.86. The summed E-state index contributed by atoms with van der Waals surface area (Å²) in [6.45, 7) is 5.62. The van der Waals surface area contributed by atoms with Gasteiger partial charge in [-0.15, -0.1) is 0 Å². The van der Waals surface area contributed by atoms with Gasteiger partial charge in [0, 0.05) is 46.3 Å². The number of carbonyl (C=O) groups is 1. The number of urea groups is 1. The molecule has 8 heteroatoms. The largest absolute Gasteiger partial charge is 0.335 e. The number of amides is 2. The zero-order chi connectivity index (χ0) is 15.3. The lowest BCUT2D eigenvalue weighted by Crippen LogP contribution is -2.55. The second-order valence-corrected chi connectivity index (χ2v) is 7.28. The van der Waals surface area contributed by atoms with Gasteiger partial charge >= 0.3 is 6.03 Å². The van der Waals surface area contributed by atoms with Gasteiger partial charge in [0.25, 0.3) is 10.2 Å². The van der Waals surface area contributed by atoms with E-state index in [1.54, 1.807) is 4.90 Å². The van der Waals surface area contributed by atoms with Crippen LogP contribution in [0.25, 0.3) is 0 Å². The molecule has 0 aromatic carbocycles. The summed E-state index contributed by atoms with van der Waals surface area (Å²) in [6.07, 6.45) is 1.80. The predicted molar refractivity (Wildman–Crippen MR) is 78.7 cm³/mol. The predicted octanol–water partition coefficient (Wildman–Crippen LogP) is 0.309. The quantitative estimate of drug-likeness (QED) is 0.794. The normalized spacial score (nSPS) is 17.8. The van der Waals surface area contributed by atoms with Crippen molar-refractivity contribution in [1.82, 2.24) is 18.8 Å². The first-order chi connectivity index (χ1) is 9.32. The monoisotopic (exact) mass is 306 g/mol. The molecule has 0 bridgehead atoms. The molecule has 7 nitrogen and oxygen atoms in total. The van der Waals surface area contributed by atoms with Gasteiger partial charge in [-0.2, -0.15) is 17.0 Å². The van der Waals surface area contributed by atoms with Crippen molar-refractivity contribution in [2.45, 2.75) is 32.7 Å². The fourth-order valence-electron chi connectivity index (χ4n) is 2.11. The Morgan fingerprint density at radius 2 is 1.65 bits per heavy atom. The highest BCUT2D eigenvalue weighted by atomic mass is 32.2. The third-order valence-corrected chi connectivity index (χ3v) is 5.57. The summed E-state index contributed by atoms with van der Waals surface area (Å²) in [5.41, 5.74) is 0. The van der Waals surface area contributed by atoms with Gasteiger partial charge in [-0.25, -0.2) is 4.79 Å². The van der Waals surface area contributed by atoms with E-state index in [0.717, 1.165) is 12.8 Å². The Morgan fingerprint density at radius 1 is 1.15 bits per heavy atom. The second-order valence-electron chi connectivity index (χ2n) is 5.14. The van der Waals surface area contributed by atoms with Crippen LogP contribution in [-0.4, -0.2) is 74.3 Å². The van der Waals surface area contributed by atoms with E-state index in [2.05, 4.69) is 5.32 Å². The minimum Gasteiger partial charge on any atom is -0.335 e. The molecule has 0 atom stereocenters. The van der Waals surface area contributed by atoms with E-state index in [-0.39, 0.29) is 12.1 Å². The van der Waals surface area contributed by atoms with Crippen LogP contribution in [0.4, 0.5) is 4.79 Å². The molecule has 1 aliphatic heterocycles. The Kier molecular flexibility index (Phi) is 6.22. The van der Waals surface area contributed by atoms with Crippen LogP contribution < -0.4 is 5.32 Å². The van der Waals surface area contributed by atoms with Crippen LogP contribution in [0.2, 0.25) is 0 Å². The summed E-state index contributed by atoms with van der Waals surface area (Å²) < 4.78 is 26.5. The van der Waals surface area contributed by atoms with Crippen LogP contribution in [-0.2, 0) is 10.2 Å². The molecule has 1 fully saturated rings. The number of carbonyl (C=O) groups excluding carboxylic acids is 1. The maximum absolute atomic E-state index is 12.1. The average molecular weight is 306 g/mol. The van der Waals surface area contributed by atoms with Crippen molar-refractivity contribution in [1.29, 1.82) is 0 Å². The third kappa shape index (κ3) is 4.07. The van der Waals surface area contributed by atoms with E-state index < -0.39 is 10.2 Å². The molecule has 1 N–H and O–H groups in total. The van der Waals surface area contributed by atoms with E-state index in [9.17, 15) is 13.2 Å². The summed E-state index contributed by atoms with van der Waals surface area (Å²) in [5.74, 6) is 0. The second kappa shape index (κ2) is 7.24. The zero-order valence-corrected chi connectivity index (χ0v) is 13.6. The van der Waals surface area contributed by atoms with Crippen LogP contribution in [0, 0.1) is 0 Å². The molecule has 118 valence electrons. The zero-order valence-electron chi connectivity index (χ0n) is 12.8. The molecule has 0 unspecified atom stereocenters. The summed E-state index contributed by atoms with van der Waals surface area (Å²) in [6, 6.07) is 0.0895. The SMILES string of the molecule is CCC(CC)NC(=O)N1CCN(S(=O)(=O)N(C)C)CC1. The Bertz CT molecular complexity index is 412. The molecule has 20 heavy (non-hydrogen) atoms. The number of hydrogen-bond donors (Lipinski definition) is 1. The van der Waals surface area contributed by atoms with Crippen molar-refractivity contribution < 1.29 is 13.2 Å². The van der Waals surface area contributed by atoms with Crippen molar-refractivity contribution in [3.05, 3.63) is 0 Å². The van der Waals surface area contributed by atoms with Gasteiger partial charge < -0.3 is 10.2 Å². The van der Waals surface area contributed by atoms with Gasteiger partial charge in [0.05, 0.1) is 0 Å². The van der Waals surface area contributed by atoms with E-state index in [1.165, 1.54) is 22.7 Å². The van der Waals surface area contributed by atoms with Crippen molar-refractivity contribution in [3.8, 4) is 0 Å². The van der Waals surface area contributed by atoms with Gasteiger partial charge in [-0.3, -0.25) is 0 Å². The molecule has 0 aromatic heterocycles. The average Bonchev–Trinajstić information content (AvgIpc) is 2.44. The van der Waals surface area contributed by atoms with E-state index in [0.29, 0.717) is 26.2 Å².